The van der Waals surface area contributed by atoms with Gasteiger partial charge in [0.15, 0.2) is 0 Å². The van der Waals surface area contributed by atoms with Crippen LogP contribution in [-0.2, 0) is 29.1 Å². The third-order valence-corrected chi connectivity index (χ3v) is 6.54. The van der Waals surface area contributed by atoms with E-state index < -0.39 is 15.9 Å². The van der Waals surface area contributed by atoms with Gasteiger partial charge in [0.1, 0.15) is 12.4 Å². The molecule has 0 unspecified atom stereocenters. The second-order valence-corrected chi connectivity index (χ2v) is 10.0. The lowest BCUT2D eigenvalue weighted by Gasteiger charge is -2.19. The van der Waals surface area contributed by atoms with Crippen LogP contribution in [0.15, 0.2) is 77.8 Å². The minimum absolute atomic E-state index is 0.0381. The number of nitrogens with two attached hydrogens (primary N) is 1. The van der Waals surface area contributed by atoms with Gasteiger partial charge in [-0.05, 0) is 25.5 Å². The summed E-state index contributed by atoms with van der Waals surface area (Å²) in [7, 11) is 0. The number of amidine groups is 1. The van der Waals surface area contributed by atoms with E-state index in [-0.39, 0.29) is 43.7 Å². The van der Waals surface area contributed by atoms with Crippen molar-refractivity contribution in [1.82, 2.24) is 15.1 Å². The van der Waals surface area contributed by atoms with Crippen LogP contribution in [0, 0.1) is 42.9 Å². The first-order chi connectivity index (χ1) is 24.1. The van der Waals surface area contributed by atoms with Crippen LogP contribution in [0.1, 0.15) is 30.5 Å². The van der Waals surface area contributed by atoms with E-state index in [2.05, 4.69) is 10.3 Å². The Hall–Kier alpha value is -6.59. The van der Waals surface area contributed by atoms with Crippen molar-refractivity contribution in [2.24, 2.45) is 10.7 Å². The van der Waals surface area contributed by atoms with Gasteiger partial charge in [-0.25, -0.2) is 14.6 Å². The maximum atomic E-state index is 11.7. The number of benzene rings is 3. The predicted molar refractivity (Wildman–Crippen MR) is 182 cm³/mol. The zero-order valence-electron chi connectivity index (χ0n) is 27.6. The summed E-state index contributed by atoms with van der Waals surface area (Å²) in [6.45, 7) is 5.03. The SMILES string of the molecule is CCOC(=O)N(CC#N)Cc1ccccc1[N+](=O)[O-].CCOC(=O)N1CC(N)=Nc2ccccc2C1.N#CCNCc1ccccc1[N+](=O)[O-]. The van der Waals surface area contributed by atoms with Crippen molar-refractivity contribution in [2.75, 3.05) is 32.8 Å². The molecular formula is C33H37N9O8. The molecule has 3 aromatic rings. The summed E-state index contributed by atoms with van der Waals surface area (Å²) in [6, 6.07) is 23.9. The van der Waals surface area contributed by atoms with Crippen LogP contribution in [0.3, 0.4) is 0 Å². The van der Waals surface area contributed by atoms with Gasteiger partial charge in [-0.2, -0.15) is 10.5 Å². The number of hydrogen-bond donors (Lipinski definition) is 2. The Labute approximate surface area is 288 Å². The Balaban J connectivity index is 0.000000263. The molecule has 17 heteroatoms. The van der Waals surface area contributed by atoms with Gasteiger partial charge in [-0.3, -0.25) is 30.0 Å². The normalized spacial score (nSPS) is 11.2. The Bertz CT molecular complexity index is 1740. The number of nitro groups is 2. The second kappa shape index (κ2) is 21.3. The van der Waals surface area contributed by atoms with Gasteiger partial charge in [-0.15, -0.1) is 0 Å². The minimum Gasteiger partial charge on any atom is -0.450 e. The van der Waals surface area contributed by atoms with Crippen molar-refractivity contribution < 1.29 is 28.9 Å². The molecule has 4 rings (SSSR count). The van der Waals surface area contributed by atoms with Gasteiger partial charge in [0, 0.05) is 29.8 Å². The van der Waals surface area contributed by atoms with Crippen LogP contribution >= 0.6 is 0 Å². The summed E-state index contributed by atoms with van der Waals surface area (Å²) in [4.78, 5) is 50.7. The first kappa shape index (κ1) is 39.6. The summed E-state index contributed by atoms with van der Waals surface area (Å²) in [6.07, 6.45) is -1.02. The minimum atomic E-state index is -0.665. The first-order valence-corrected chi connectivity index (χ1v) is 15.2. The molecule has 2 amide bonds. The van der Waals surface area contributed by atoms with Crippen molar-refractivity contribution in [1.29, 1.82) is 10.5 Å². The third kappa shape index (κ3) is 12.9. The maximum absolute atomic E-state index is 11.7. The summed E-state index contributed by atoms with van der Waals surface area (Å²) in [5, 5.41) is 41.2. The molecule has 3 N–H and O–H groups in total. The Kier molecular flexibility index (Phi) is 16.9. The lowest BCUT2D eigenvalue weighted by atomic mass is 10.1. The van der Waals surface area contributed by atoms with Gasteiger partial charge >= 0.3 is 12.2 Å². The highest BCUT2D eigenvalue weighted by Gasteiger charge is 2.21. The molecule has 17 nitrogen and oxygen atoms in total. The fourth-order valence-electron chi connectivity index (χ4n) is 4.35. The van der Waals surface area contributed by atoms with E-state index in [1.54, 1.807) is 55.1 Å². The van der Waals surface area contributed by atoms with Crippen molar-refractivity contribution >= 4 is 35.1 Å². The van der Waals surface area contributed by atoms with E-state index in [4.69, 9.17) is 25.7 Å². The lowest BCUT2D eigenvalue weighted by Crippen LogP contribution is -2.37. The first-order valence-electron chi connectivity index (χ1n) is 15.2. The van der Waals surface area contributed by atoms with Crippen LogP contribution in [0.5, 0.6) is 0 Å². The lowest BCUT2D eigenvalue weighted by molar-refractivity contribution is -0.385. The number of rotatable bonds is 10. The summed E-state index contributed by atoms with van der Waals surface area (Å²) in [5.41, 5.74) is 8.51. The zero-order valence-corrected chi connectivity index (χ0v) is 27.6. The molecular weight excluding hydrogens is 650 g/mol. The fourth-order valence-corrected chi connectivity index (χ4v) is 4.35. The fraction of sp³-hybridized carbons (Fsp3) is 0.303. The number of nitro benzene ring substituents is 2. The molecule has 0 saturated carbocycles. The van der Waals surface area contributed by atoms with Crippen molar-refractivity contribution in [3.05, 3.63) is 110 Å². The number of hydrogen-bond acceptors (Lipinski definition) is 13. The van der Waals surface area contributed by atoms with E-state index in [0.29, 0.717) is 43.2 Å². The molecule has 50 heavy (non-hydrogen) atoms. The van der Waals surface area contributed by atoms with E-state index in [1.165, 1.54) is 12.1 Å². The van der Waals surface area contributed by atoms with Crippen LogP contribution in [0.25, 0.3) is 0 Å². The smallest absolute Gasteiger partial charge is 0.410 e. The van der Waals surface area contributed by atoms with Gasteiger partial charge < -0.3 is 20.5 Å². The largest absolute Gasteiger partial charge is 0.450 e. The molecule has 3 aromatic carbocycles. The average Bonchev–Trinajstić information content (AvgIpc) is 3.27. The van der Waals surface area contributed by atoms with E-state index >= 15 is 0 Å². The Morgan fingerprint density at radius 1 is 0.900 bits per heavy atom. The van der Waals surface area contributed by atoms with Gasteiger partial charge in [-0.1, -0.05) is 54.6 Å². The number of nitriles is 2. The number of para-hydroxylation sites is 3. The molecule has 0 saturated heterocycles. The number of carbonyl (C=O) groups is 2. The molecule has 0 spiro atoms. The molecule has 0 atom stereocenters. The highest BCUT2D eigenvalue weighted by molar-refractivity contribution is 5.88. The number of nitrogens with zero attached hydrogens (tertiary/aromatic N) is 7. The molecule has 1 aliphatic heterocycles. The number of aliphatic imine (C=N–C) groups is 1. The van der Waals surface area contributed by atoms with E-state index in [1.807, 2.05) is 36.4 Å². The van der Waals surface area contributed by atoms with Crippen LogP contribution in [0.2, 0.25) is 0 Å². The molecule has 262 valence electrons. The number of ether oxygens (including phenoxy) is 2. The molecule has 0 aliphatic carbocycles. The molecule has 1 aliphatic rings. The maximum Gasteiger partial charge on any atom is 0.410 e. The van der Waals surface area contributed by atoms with Crippen molar-refractivity contribution in [2.45, 2.75) is 33.5 Å². The zero-order chi connectivity index (χ0) is 36.9. The number of fused-ring (bicyclic) bond motifs is 1. The quantitative estimate of drug-likeness (QED) is 0.125. The van der Waals surface area contributed by atoms with Gasteiger partial charge in [0.25, 0.3) is 11.4 Å². The van der Waals surface area contributed by atoms with Crippen LogP contribution < -0.4 is 11.1 Å². The molecule has 0 fully saturated rings. The number of carbonyl (C=O) groups excluding carboxylic acids is 2. The molecule has 0 radical (unpaired) electrons. The highest BCUT2D eigenvalue weighted by atomic mass is 16.6. The van der Waals surface area contributed by atoms with E-state index in [9.17, 15) is 29.8 Å². The van der Waals surface area contributed by atoms with Crippen molar-refractivity contribution in [3.8, 4) is 12.1 Å². The van der Waals surface area contributed by atoms with Crippen molar-refractivity contribution in [3.63, 3.8) is 0 Å². The number of nitrogens with one attached hydrogen (secondary N) is 1. The van der Waals surface area contributed by atoms with Gasteiger partial charge in [0.05, 0.1) is 67.1 Å². The molecule has 0 bridgehead atoms. The van der Waals surface area contributed by atoms with Crippen LogP contribution in [0.4, 0.5) is 26.7 Å². The molecule has 0 aromatic heterocycles. The monoisotopic (exact) mass is 687 g/mol. The highest BCUT2D eigenvalue weighted by Crippen LogP contribution is 2.23. The summed E-state index contributed by atoms with van der Waals surface area (Å²) in [5.74, 6) is 0.419. The second-order valence-electron chi connectivity index (χ2n) is 10.0. The summed E-state index contributed by atoms with van der Waals surface area (Å²) >= 11 is 0. The standard InChI is InChI=1S/C12H13N3O4.C12H15N3O2.C9H9N3O2/c1-2-19-12(16)14(8-7-13)9-10-5-3-4-6-11(10)15(17)18;1-2-17-12(16)15-7-9-5-3-4-6-10(9)14-11(13)8-15;10-5-6-11-7-8-3-1-2-4-9(8)12(13)14/h3-6H,2,8-9H2,1H3;3-6H,2,7-8H2,1H3,(H2,13,14);1-4,11H,6-7H2. The van der Waals surface area contributed by atoms with Crippen LogP contribution in [-0.4, -0.2) is 70.5 Å². The molecule has 1 heterocycles. The van der Waals surface area contributed by atoms with Gasteiger partial charge in [0.2, 0.25) is 0 Å². The number of amides is 2. The average molecular weight is 688 g/mol. The topological polar surface area (TPSA) is 243 Å². The Morgan fingerprint density at radius 3 is 2.08 bits per heavy atom. The summed E-state index contributed by atoms with van der Waals surface area (Å²) < 4.78 is 9.77. The predicted octanol–water partition coefficient (Wildman–Crippen LogP) is 4.93. The Morgan fingerprint density at radius 2 is 1.48 bits per heavy atom. The third-order valence-electron chi connectivity index (χ3n) is 6.54. The van der Waals surface area contributed by atoms with E-state index in [0.717, 1.165) is 16.2 Å².